The van der Waals surface area contributed by atoms with E-state index in [-0.39, 0.29) is 11.4 Å². The fourth-order valence-corrected chi connectivity index (χ4v) is 3.56. The van der Waals surface area contributed by atoms with E-state index in [4.69, 9.17) is 4.42 Å². The summed E-state index contributed by atoms with van der Waals surface area (Å²) in [4.78, 5) is 28.1. The molecule has 2 heterocycles. The molecule has 140 valence electrons. The van der Waals surface area contributed by atoms with Crippen molar-refractivity contribution in [3.8, 4) is 10.8 Å². The molecule has 0 bridgehead atoms. The van der Waals surface area contributed by atoms with Gasteiger partial charge in [-0.3, -0.25) is 9.59 Å². The zero-order valence-electron chi connectivity index (χ0n) is 14.7. The Balaban J connectivity index is 1.54. The van der Waals surface area contributed by atoms with Gasteiger partial charge >= 0.3 is 0 Å². The first-order valence-electron chi connectivity index (χ1n) is 8.34. The maximum atomic E-state index is 13.7. The van der Waals surface area contributed by atoms with Crippen LogP contribution in [0, 0.1) is 5.82 Å². The number of carbonyl (C=O) groups is 2. The zero-order valence-corrected chi connectivity index (χ0v) is 15.5. The Morgan fingerprint density at radius 1 is 1.07 bits per heavy atom. The van der Waals surface area contributed by atoms with Gasteiger partial charge in [0.2, 0.25) is 5.91 Å². The maximum absolute atomic E-state index is 13.7. The van der Waals surface area contributed by atoms with Gasteiger partial charge < -0.3 is 15.1 Å². The van der Waals surface area contributed by atoms with Crippen molar-refractivity contribution in [3.05, 3.63) is 66.2 Å². The van der Waals surface area contributed by atoms with Crippen molar-refractivity contribution in [1.82, 2.24) is 4.98 Å². The Labute approximate surface area is 163 Å². The van der Waals surface area contributed by atoms with E-state index in [9.17, 15) is 14.0 Å². The second-order valence-electron chi connectivity index (χ2n) is 5.98. The number of carbonyl (C=O) groups excluding carboxylic acids is 2. The molecule has 4 aromatic rings. The van der Waals surface area contributed by atoms with Gasteiger partial charge in [0.05, 0.1) is 15.9 Å². The van der Waals surface area contributed by atoms with Crippen molar-refractivity contribution in [3.63, 3.8) is 0 Å². The summed E-state index contributed by atoms with van der Waals surface area (Å²) in [5.41, 5.74) is 1.18. The van der Waals surface area contributed by atoms with Crippen molar-refractivity contribution < 1.29 is 18.4 Å². The number of amides is 2. The summed E-state index contributed by atoms with van der Waals surface area (Å²) in [5, 5.41) is 5.67. The Hall–Kier alpha value is -3.52. The van der Waals surface area contributed by atoms with E-state index in [0.717, 1.165) is 16.3 Å². The predicted octanol–water partition coefficient (Wildman–Crippen LogP) is 4.91. The second-order valence-corrected chi connectivity index (χ2v) is 7.01. The highest BCUT2D eigenvalue weighted by Gasteiger charge is 2.16. The van der Waals surface area contributed by atoms with Crippen molar-refractivity contribution in [2.75, 3.05) is 10.6 Å². The van der Waals surface area contributed by atoms with Crippen LogP contribution in [-0.2, 0) is 4.79 Å². The lowest BCUT2D eigenvalue weighted by Gasteiger charge is -2.08. The molecule has 2 N–H and O–H groups in total. The minimum Gasteiger partial charge on any atom is -0.448 e. The number of furan rings is 1. The number of thiazole rings is 1. The van der Waals surface area contributed by atoms with Crippen LogP contribution in [0.4, 0.5) is 15.8 Å². The topological polar surface area (TPSA) is 84.2 Å². The van der Waals surface area contributed by atoms with E-state index in [0.29, 0.717) is 16.5 Å². The van der Waals surface area contributed by atoms with Gasteiger partial charge in [0, 0.05) is 12.6 Å². The van der Waals surface area contributed by atoms with Crippen molar-refractivity contribution >= 4 is 44.7 Å². The first-order chi connectivity index (χ1) is 13.5. The number of fused-ring (bicyclic) bond motifs is 1. The second kappa shape index (κ2) is 7.24. The molecule has 2 amide bonds. The molecular weight excluding hydrogens is 381 g/mol. The van der Waals surface area contributed by atoms with Crippen molar-refractivity contribution in [1.29, 1.82) is 0 Å². The van der Waals surface area contributed by atoms with Crippen LogP contribution in [-0.4, -0.2) is 16.8 Å². The quantitative estimate of drug-likeness (QED) is 0.514. The fraction of sp³-hybridized carbons (Fsp3) is 0.0500. The molecule has 28 heavy (non-hydrogen) atoms. The lowest BCUT2D eigenvalue weighted by atomic mass is 10.2. The molecule has 0 unspecified atom stereocenters. The molecule has 2 aromatic heterocycles. The zero-order chi connectivity index (χ0) is 19.7. The standard InChI is InChI=1S/C20H14FN3O3S/c1-11(25)22-15-10-12(6-7-13(15)21)23-19(26)16-8-9-17(27-16)20-24-14-4-2-3-5-18(14)28-20/h2-10H,1H3,(H,22,25)(H,23,26). The summed E-state index contributed by atoms with van der Waals surface area (Å²) in [7, 11) is 0. The first-order valence-corrected chi connectivity index (χ1v) is 9.15. The van der Waals surface area contributed by atoms with E-state index in [2.05, 4.69) is 15.6 Å². The van der Waals surface area contributed by atoms with E-state index in [1.54, 1.807) is 12.1 Å². The minimum absolute atomic E-state index is 0.0140. The van der Waals surface area contributed by atoms with Gasteiger partial charge in [-0.15, -0.1) is 11.3 Å². The molecule has 0 fully saturated rings. The third-order valence-electron chi connectivity index (χ3n) is 3.87. The molecule has 0 aliphatic carbocycles. The SMILES string of the molecule is CC(=O)Nc1cc(NC(=O)c2ccc(-c3nc4ccccc4s3)o2)ccc1F. The number of nitrogens with zero attached hydrogens (tertiary/aromatic N) is 1. The van der Waals surface area contributed by atoms with Gasteiger partial charge in [-0.1, -0.05) is 12.1 Å². The van der Waals surface area contributed by atoms with Gasteiger partial charge in [0.1, 0.15) is 5.82 Å². The summed E-state index contributed by atoms with van der Waals surface area (Å²) in [6.07, 6.45) is 0. The van der Waals surface area contributed by atoms with Gasteiger partial charge in [-0.05, 0) is 42.5 Å². The highest BCUT2D eigenvalue weighted by atomic mass is 32.1. The molecular formula is C20H14FN3O3S. The Bertz CT molecular complexity index is 1170. The summed E-state index contributed by atoms with van der Waals surface area (Å²) in [5.74, 6) is -0.907. The van der Waals surface area contributed by atoms with E-state index >= 15 is 0 Å². The lowest BCUT2D eigenvalue weighted by molar-refractivity contribution is -0.114. The average Bonchev–Trinajstić information content (AvgIpc) is 3.30. The molecule has 2 aromatic carbocycles. The van der Waals surface area contributed by atoms with Gasteiger partial charge in [0.25, 0.3) is 5.91 Å². The number of aromatic nitrogens is 1. The number of rotatable bonds is 4. The van der Waals surface area contributed by atoms with Crippen molar-refractivity contribution in [2.45, 2.75) is 6.92 Å². The van der Waals surface area contributed by atoms with Crippen LogP contribution in [0.25, 0.3) is 21.0 Å². The molecule has 0 radical (unpaired) electrons. The third kappa shape index (κ3) is 3.63. The minimum atomic E-state index is -0.593. The van der Waals surface area contributed by atoms with Crippen LogP contribution in [0.2, 0.25) is 0 Å². The Morgan fingerprint density at radius 2 is 1.89 bits per heavy atom. The molecule has 0 atom stereocenters. The normalized spacial score (nSPS) is 10.8. The smallest absolute Gasteiger partial charge is 0.291 e. The van der Waals surface area contributed by atoms with Crippen LogP contribution < -0.4 is 10.6 Å². The molecule has 0 saturated heterocycles. The number of hydrogen-bond donors (Lipinski definition) is 2. The Kier molecular flexibility index (Phi) is 4.62. The summed E-state index contributed by atoms with van der Waals surface area (Å²) in [6.45, 7) is 1.27. The fourth-order valence-electron chi connectivity index (χ4n) is 2.63. The number of para-hydroxylation sites is 1. The van der Waals surface area contributed by atoms with Crippen LogP contribution in [0.5, 0.6) is 0 Å². The largest absolute Gasteiger partial charge is 0.448 e. The molecule has 0 aliphatic rings. The third-order valence-corrected chi connectivity index (χ3v) is 4.92. The summed E-state index contributed by atoms with van der Waals surface area (Å²) >= 11 is 1.47. The van der Waals surface area contributed by atoms with Crippen molar-refractivity contribution in [2.24, 2.45) is 0 Å². The van der Waals surface area contributed by atoms with E-state index < -0.39 is 17.6 Å². The highest BCUT2D eigenvalue weighted by Crippen LogP contribution is 2.31. The number of hydrogen-bond acceptors (Lipinski definition) is 5. The molecule has 4 rings (SSSR count). The van der Waals surface area contributed by atoms with Crippen LogP contribution in [0.15, 0.2) is 59.0 Å². The monoisotopic (exact) mass is 395 g/mol. The number of anilines is 2. The van der Waals surface area contributed by atoms with E-state index in [1.807, 2.05) is 24.3 Å². The van der Waals surface area contributed by atoms with Crippen LogP contribution in [0.1, 0.15) is 17.5 Å². The molecule has 0 saturated carbocycles. The first kappa shape index (κ1) is 17.9. The number of nitrogens with one attached hydrogen (secondary N) is 2. The molecule has 8 heteroatoms. The summed E-state index contributed by atoms with van der Waals surface area (Å²) < 4.78 is 20.4. The maximum Gasteiger partial charge on any atom is 0.291 e. The predicted molar refractivity (Wildman–Crippen MR) is 106 cm³/mol. The summed E-state index contributed by atoms with van der Waals surface area (Å²) in [6, 6.07) is 14.8. The molecule has 0 aliphatic heterocycles. The van der Waals surface area contributed by atoms with Crippen LogP contribution in [0.3, 0.4) is 0 Å². The molecule has 0 spiro atoms. The van der Waals surface area contributed by atoms with Gasteiger partial charge in [-0.2, -0.15) is 0 Å². The average molecular weight is 395 g/mol. The van der Waals surface area contributed by atoms with Crippen LogP contribution >= 0.6 is 11.3 Å². The molecule has 6 nitrogen and oxygen atoms in total. The van der Waals surface area contributed by atoms with E-state index in [1.165, 1.54) is 30.4 Å². The Morgan fingerprint density at radius 3 is 2.68 bits per heavy atom. The lowest BCUT2D eigenvalue weighted by Crippen LogP contribution is -2.12. The highest BCUT2D eigenvalue weighted by molar-refractivity contribution is 7.21. The van der Waals surface area contributed by atoms with Gasteiger partial charge in [0.15, 0.2) is 16.5 Å². The van der Waals surface area contributed by atoms with Gasteiger partial charge in [-0.25, -0.2) is 9.37 Å². The number of halogens is 1. The number of benzene rings is 2.